The van der Waals surface area contributed by atoms with Crippen molar-refractivity contribution < 1.29 is 0 Å². The fraction of sp³-hybridized carbons (Fsp3) is 0.545. The highest BCUT2D eigenvalue weighted by Crippen LogP contribution is 2.17. The van der Waals surface area contributed by atoms with Crippen LogP contribution in [0.25, 0.3) is 11.0 Å². The van der Waals surface area contributed by atoms with Gasteiger partial charge in [0.2, 0.25) is 0 Å². The van der Waals surface area contributed by atoms with Gasteiger partial charge in [0.25, 0.3) is 0 Å². The molecule has 2 heterocycles. The van der Waals surface area contributed by atoms with E-state index in [9.17, 15) is 0 Å². The zero-order valence-corrected chi connectivity index (χ0v) is 9.60. The summed E-state index contributed by atoms with van der Waals surface area (Å²) in [7, 11) is 0. The maximum atomic E-state index is 4.55. The van der Waals surface area contributed by atoms with E-state index < -0.39 is 0 Å². The van der Waals surface area contributed by atoms with Crippen LogP contribution < -0.4 is 0 Å². The quantitative estimate of drug-likeness (QED) is 0.755. The largest absolute Gasteiger partial charge is 0.245 e. The van der Waals surface area contributed by atoms with Gasteiger partial charge in [-0.3, -0.25) is 0 Å². The van der Waals surface area contributed by atoms with Gasteiger partial charge in [-0.25, -0.2) is 14.6 Å². The van der Waals surface area contributed by atoms with Gasteiger partial charge in [0, 0.05) is 18.2 Å². The fourth-order valence-corrected chi connectivity index (χ4v) is 1.51. The third-order valence-electron chi connectivity index (χ3n) is 2.36. The third-order valence-corrected chi connectivity index (χ3v) is 2.36. The van der Waals surface area contributed by atoms with Gasteiger partial charge in [-0.1, -0.05) is 13.8 Å². The molecule has 0 spiro atoms. The first-order valence-corrected chi connectivity index (χ1v) is 5.29. The Kier molecular flexibility index (Phi) is 2.42. The summed E-state index contributed by atoms with van der Waals surface area (Å²) in [4.78, 5) is 8.86. The van der Waals surface area contributed by atoms with E-state index >= 15 is 0 Å². The van der Waals surface area contributed by atoms with Crippen molar-refractivity contribution in [2.45, 2.75) is 39.7 Å². The van der Waals surface area contributed by atoms with Crippen molar-refractivity contribution in [1.82, 2.24) is 19.7 Å². The molecule has 2 aromatic heterocycles. The SMILES string of the molecule is CC(C)c1ncc2cnn(C(C)C)c2n1. The molecule has 2 rings (SSSR count). The zero-order chi connectivity index (χ0) is 11.0. The van der Waals surface area contributed by atoms with Crippen molar-refractivity contribution in [1.29, 1.82) is 0 Å². The van der Waals surface area contributed by atoms with Gasteiger partial charge in [0.05, 0.1) is 11.6 Å². The molecule has 0 saturated heterocycles. The molecule has 80 valence electrons. The summed E-state index contributed by atoms with van der Waals surface area (Å²) in [5.74, 6) is 1.23. The number of aromatic nitrogens is 4. The van der Waals surface area contributed by atoms with Crippen molar-refractivity contribution in [3.8, 4) is 0 Å². The molecule has 4 nitrogen and oxygen atoms in total. The predicted molar refractivity (Wildman–Crippen MR) is 59.8 cm³/mol. The minimum Gasteiger partial charge on any atom is -0.245 e. The van der Waals surface area contributed by atoms with Crippen molar-refractivity contribution in [2.75, 3.05) is 0 Å². The highest BCUT2D eigenvalue weighted by atomic mass is 15.3. The summed E-state index contributed by atoms with van der Waals surface area (Å²) in [5.41, 5.74) is 0.934. The zero-order valence-electron chi connectivity index (χ0n) is 9.60. The summed E-state index contributed by atoms with van der Waals surface area (Å²) in [6.45, 7) is 8.39. The fourth-order valence-electron chi connectivity index (χ4n) is 1.51. The van der Waals surface area contributed by atoms with Crippen LogP contribution in [0.2, 0.25) is 0 Å². The lowest BCUT2D eigenvalue weighted by atomic mass is 10.2. The molecule has 0 aliphatic heterocycles. The maximum absolute atomic E-state index is 4.55. The van der Waals surface area contributed by atoms with Crippen LogP contribution in [0, 0.1) is 0 Å². The van der Waals surface area contributed by atoms with Crippen LogP contribution in [0.3, 0.4) is 0 Å². The van der Waals surface area contributed by atoms with Crippen molar-refractivity contribution in [3.63, 3.8) is 0 Å². The number of nitrogens with zero attached hydrogens (tertiary/aromatic N) is 4. The third kappa shape index (κ3) is 1.71. The van der Waals surface area contributed by atoms with E-state index in [0.29, 0.717) is 12.0 Å². The van der Waals surface area contributed by atoms with E-state index in [1.807, 2.05) is 17.1 Å². The predicted octanol–water partition coefficient (Wildman–Crippen LogP) is 2.53. The minimum absolute atomic E-state index is 0.331. The molecular weight excluding hydrogens is 188 g/mol. The van der Waals surface area contributed by atoms with Crippen LogP contribution in [-0.4, -0.2) is 19.7 Å². The molecule has 0 saturated carbocycles. The molecule has 2 aromatic rings. The first kappa shape index (κ1) is 10.1. The van der Waals surface area contributed by atoms with Gasteiger partial charge in [-0.05, 0) is 13.8 Å². The average molecular weight is 204 g/mol. The van der Waals surface area contributed by atoms with Crippen molar-refractivity contribution in [3.05, 3.63) is 18.2 Å². The summed E-state index contributed by atoms with van der Waals surface area (Å²) in [5, 5.41) is 5.32. The van der Waals surface area contributed by atoms with Crippen LogP contribution in [0.1, 0.15) is 45.5 Å². The van der Waals surface area contributed by atoms with Gasteiger partial charge in [-0.2, -0.15) is 5.10 Å². The molecule has 0 bridgehead atoms. The number of hydrogen-bond donors (Lipinski definition) is 0. The van der Waals surface area contributed by atoms with E-state index in [2.05, 4.69) is 42.8 Å². The van der Waals surface area contributed by atoms with E-state index in [1.165, 1.54) is 0 Å². The number of hydrogen-bond acceptors (Lipinski definition) is 3. The van der Waals surface area contributed by atoms with Gasteiger partial charge < -0.3 is 0 Å². The van der Waals surface area contributed by atoms with Crippen LogP contribution in [0.5, 0.6) is 0 Å². The molecule has 15 heavy (non-hydrogen) atoms. The van der Waals surface area contributed by atoms with Crippen LogP contribution in [0.4, 0.5) is 0 Å². The lowest BCUT2D eigenvalue weighted by Gasteiger charge is -2.07. The highest BCUT2D eigenvalue weighted by molar-refractivity contribution is 5.73. The number of rotatable bonds is 2. The highest BCUT2D eigenvalue weighted by Gasteiger charge is 2.10. The Morgan fingerprint density at radius 1 is 1.13 bits per heavy atom. The Hall–Kier alpha value is -1.45. The standard InChI is InChI=1S/C11H16N4/c1-7(2)10-12-5-9-6-13-15(8(3)4)11(9)14-10/h5-8H,1-4H3. The molecule has 0 fully saturated rings. The Morgan fingerprint density at radius 2 is 1.87 bits per heavy atom. The van der Waals surface area contributed by atoms with Crippen LogP contribution in [0.15, 0.2) is 12.4 Å². The first-order chi connectivity index (χ1) is 7.09. The summed E-state index contributed by atoms with van der Waals surface area (Å²) < 4.78 is 1.93. The number of fused-ring (bicyclic) bond motifs is 1. The molecule has 0 aliphatic carbocycles. The van der Waals surface area contributed by atoms with Crippen LogP contribution >= 0.6 is 0 Å². The van der Waals surface area contributed by atoms with E-state index in [-0.39, 0.29) is 0 Å². The smallest absolute Gasteiger partial charge is 0.161 e. The Morgan fingerprint density at radius 3 is 2.47 bits per heavy atom. The van der Waals surface area contributed by atoms with E-state index in [1.54, 1.807) is 0 Å². The molecule has 0 amide bonds. The topological polar surface area (TPSA) is 43.6 Å². The van der Waals surface area contributed by atoms with Gasteiger partial charge in [-0.15, -0.1) is 0 Å². The summed E-state index contributed by atoms with van der Waals surface area (Å²) >= 11 is 0. The molecule has 0 unspecified atom stereocenters. The normalized spacial score (nSPS) is 11.9. The Balaban J connectivity index is 2.61. The Bertz CT molecular complexity index is 470. The van der Waals surface area contributed by atoms with Gasteiger partial charge in [0.1, 0.15) is 5.82 Å². The molecule has 0 N–H and O–H groups in total. The molecule has 0 aliphatic rings. The molecule has 0 atom stereocenters. The monoisotopic (exact) mass is 204 g/mol. The Labute approximate surface area is 89.3 Å². The summed E-state index contributed by atoms with van der Waals surface area (Å²) in [6.07, 6.45) is 3.67. The second kappa shape index (κ2) is 3.61. The summed E-state index contributed by atoms with van der Waals surface area (Å²) in [6, 6.07) is 0.331. The maximum Gasteiger partial charge on any atom is 0.161 e. The van der Waals surface area contributed by atoms with E-state index in [4.69, 9.17) is 0 Å². The van der Waals surface area contributed by atoms with Gasteiger partial charge in [0.15, 0.2) is 5.65 Å². The minimum atomic E-state index is 0.331. The van der Waals surface area contributed by atoms with E-state index in [0.717, 1.165) is 16.9 Å². The van der Waals surface area contributed by atoms with Gasteiger partial charge >= 0.3 is 0 Å². The molecule has 0 radical (unpaired) electrons. The second-order valence-corrected chi connectivity index (χ2v) is 4.34. The van der Waals surface area contributed by atoms with Crippen LogP contribution in [-0.2, 0) is 0 Å². The van der Waals surface area contributed by atoms with Crippen molar-refractivity contribution in [2.24, 2.45) is 0 Å². The first-order valence-electron chi connectivity index (χ1n) is 5.29. The molecule has 0 aromatic carbocycles. The average Bonchev–Trinajstić information content (AvgIpc) is 2.59. The molecule has 4 heteroatoms. The van der Waals surface area contributed by atoms with Crippen molar-refractivity contribution >= 4 is 11.0 Å². The lowest BCUT2D eigenvalue weighted by Crippen LogP contribution is -2.05. The lowest BCUT2D eigenvalue weighted by molar-refractivity contribution is 0.545. The molecular formula is C11H16N4. The second-order valence-electron chi connectivity index (χ2n) is 4.34.